The smallest absolute Gasteiger partial charge is 0.227 e. The first-order chi connectivity index (χ1) is 20.4. The van der Waals surface area contributed by atoms with Gasteiger partial charge in [0.1, 0.15) is 22.7 Å². The third-order valence-electron chi connectivity index (χ3n) is 8.85. The van der Waals surface area contributed by atoms with Crippen LogP contribution in [0.5, 0.6) is 5.75 Å². The molecule has 7 heteroatoms. The summed E-state index contributed by atoms with van der Waals surface area (Å²) in [6.45, 7) is 0. The first-order valence-electron chi connectivity index (χ1n) is 14.0. The molecule has 0 bridgehead atoms. The van der Waals surface area contributed by atoms with E-state index in [1.54, 1.807) is 42.5 Å². The van der Waals surface area contributed by atoms with Crippen molar-refractivity contribution in [2.24, 2.45) is 0 Å². The maximum absolute atomic E-state index is 13.8. The van der Waals surface area contributed by atoms with Gasteiger partial charge in [-0.2, -0.15) is 0 Å². The molecule has 1 spiro atoms. The van der Waals surface area contributed by atoms with Crippen LogP contribution in [0.2, 0.25) is 0 Å². The van der Waals surface area contributed by atoms with Crippen LogP contribution in [0.1, 0.15) is 57.8 Å². The molecule has 208 valence electrons. The maximum atomic E-state index is 13.8. The van der Waals surface area contributed by atoms with Crippen LogP contribution in [-0.4, -0.2) is 22.3 Å². The monoisotopic (exact) mass is 557 g/mol. The highest BCUT2D eigenvalue weighted by molar-refractivity contribution is 6.00. The van der Waals surface area contributed by atoms with E-state index in [1.165, 1.54) is 6.07 Å². The van der Waals surface area contributed by atoms with Crippen molar-refractivity contribution in [2.75, 3.05) is 0 Å². The van der Waals surface area contributed by atoms with E-state index in [0.717, 1.165) is 11.1 Å². The van der Waals surface area contributed by atoms with E-state index >= 15 is 0 Å². The molecule has 7 nitrogen and oxygen atoms in total. The Balaban J connectivity index is 1.54. The predicted octanol–water partition coefficient (Wildman–Crippen LogP) is 6.90. The van der Waals surface area contributed by atoms with E-state index in [9.17, 15) is 19.7 Å². The first kappa shape index (κ1) is 25.9. The number of Topliss-reactive ketones (excluding diaryl/α,β-unsaturated/α-hetero) is 1. The summed E-state index contributed by atoms with van der Waals surface area (Å²) < 4.78 is 13.3. The zero-order valence-corrected chi connectivity index (χ0v) is 22.6. The summed E-state index contributed by atoms with van der Waals surface area (Å²) in [6.07, 6.45) is 0.176. The molecule has 1 aliphatic carbocycles. The zero-order chi connectivity index (χ0) is 28.8. The Morgan fingerprint density at radius 2 is 1.43 bits per heavy atom. The lowest BCUT2D eigenvalue weighted by atomic mass is 9.56. The van der Waals surface area contributed by atoms with E-state index in [2.05, 4.69) is 0 Å². The Morgan fingerprint density at radius 1 is 0.786 bits per heavy atom. The first-order valence-corrected chi connectivity index (χ1v) is 14.0. The lowest BCUT2D eigenvalue weighted by molar-refractivity contribution is -0.537. The second kappa shape index (κ2) is 10.1. The number of para-hydroxylation sites is 2. The number of rotatable bonds is 4. The maximum Gasteiger partial charge on any atom is 0.227 e. The molecule has 1 aromatic heterocycles. The Kier molecular flexibility index (Phi) is 6.23. The molecule has 0 unspecified atom stereocenters. The van der Waals surface area contributed by atoms with Gasteiger partial charge in [-0.05, 0) is 35.4 Å². The number of benzene rings is 4. The van der Waals surface area contributed by atoms with Crippen LogP contribution in [0.15, 0.2) is 124 Å². The van der Waals surface area contributed by atoms with Crippen LogP contribution in [0, 0.1) is 10.1 Å². The summed E-state index contributed by atoms with van der Waals surface area (Å²) in [5.74, 6) is -1.57. The van der Waals surface area contributed by atoms with Crippen molar-refractivity contribution in [3.05, 3.63) is 158 Å². The molecule has 1 fully saturated rings. The number of fused-ring (bicyclic) bond motifs is 2. The third-order valence-corrected chi connectivity index (χ3v) is 8.85. The highest BCUT2D eigenvalue weighted by atomic mass is 16.6. The van der Waals surface area contributed by atoms with Gasteiger partial charge >= 0.3 is 0 Å². The normalized spacial score (nSPS) is 25.1. The average molecular weight is 558 g/mol. The van der Waals surface area contributed by atoms with Crippen LogP contribution in [0.3, 0.4) is 0 Å². The van der Waals surface area contributed by atoms with Gasteiger partial charge in [-0.3, -0.25) is 19.7 Å². The molecular weight excluding hydrogens is 530 g/mol. The molecular formula is C35H27NO6. The van der Waals surface area contributed by atoms with Gasteiger partial charge in [0.25, 0.3) is 0 Å². The molecule has 4 aromatic carbocycles. The standard InChI is InChI=1S/C35H27NO6/c37-27-19-31(41-29-17-9-7-15-24(27)29)33-32(23-13-5-2-6-14-23)34(36(39)40)26(22-11-3-1-4-12-22)20-35(33)21-28(38)25-16-8-10-18-30(25)42-35/h1-19,26,32-34H,20-21H2/t26-,32+,33+,34+,35-/m0/s1. The number of carbonyl (C=O) groups excluding carboxylic acids is 1. The predicted molar refractivity (Wildman–Crippen MR) is 158 cm³/mol. The number of nitrogens with zero attached hydrogens (tertiary/aromatic N) is 1. The number of ketones is 1. The third kappa shape index (κ3) is 4.20. The van der Waals surface area contributed by atoms with Crippen LogP contribution in [-0.2, 0) is 0 Å². The van der Waals surface area contributed by atoms with Crippen molar-refractivity contribution >= 4 is 16.8 Å². The summed E-state index contributed by atoms with van der Waals surface area (Å²) in [6, 6.07) is 33.1. The van der Waals surface area contributed by atoms with Crippen molar-refractivity contribution in [2.45, 2.75) is 42.2 Å². The molecule has 7 rings (SSSR count). The SMILES string of the molecule is O=C1C[C@]2(C[C@@H](c3ccccc3)[C@@H]([N+](=O)[O-])[C@H](c3ccccc3)[C@H]2c2cc(=O)c3ccccc3o2)Oc2ccccc21. The van der Waals surface area contributed by atoms with E-state index < -0.39 is 29.4 Å². The Labute approximate surface area is 241 Å². The summed E-state index contributed by atoms with van der Waals surface area (Å²) in [4.78, 5) is 40.1. The Bertz CT molecular complexity index is 1870. The lowest BCUT2D eigenvalue weighted by Gasteiger charge is -2.52. The average Bonchev–Trinajstić information content (AvgIpc) is 3.01. The number of nitro groups is 1. The zero-order valence-electron chi connectivity index (χ0n) is 22.6. The second-order valence-corrected chi connectivity index (χ2v) is 11.2. The lowest BCUT2D eigenvalue weighted by Crippen LogP contribution is -2.58. The fourth-order valence-corrected chi connectivity index (χ4v) is 7.16. The van der Waals surface area contributed by atoms with E-state index in [-0.39, 0.29) is 34.7 Å². The fourth-order valence-electron chi connectivity index (χ4n) is 7.16. The van der Waals surface area contributed by atoms with Gasteiger partial charge in [0.05, 0.1) is 35.1 Å². The van der Waals surface area contributed by atoms with Crippen molar-refractivity contribution in [3.63, 3.8) is 0 Å². The van der Waals surface area contributed by atoms with E-state index in [4.69, 9.17) is 9.15 Å². The molecule has 5 aromatic rings. The number of hydrogen-bond acceptors (Lipinski definition) is 6. The van der Waals surface area contributed by atoms with Gasteiger partial charge in [0, 0.05) is 17.4 Å². The topological polar surface area (TPSA) is 99.7 Å². The molecule has 42 heavy (non-hydrogen) atoms. The van der Waals surface area contributed by atoms with E-state index in [0.29, 0.717) is 22.3 Å². The van der Waals surface area contributed by atoms with Gasteiger partial charge in [0.2, 0.25) is 6.04 Å². The summed E-state index contributed by atoms with van der Waals surface area (Å²) in [5.41, 5.74) is 0.900. The number of ether oxygens (including phenoxy) is 1. The fraction of sp³-hybridized carbons (Fsp3) is 0.200. The minimum absolute atomic E-state index is 0.0116. The molecule has 0 saturated heterocycles. The molecule has 1 aliphatic heterocycles. The second-order valence-electron chi connectivity index (χ2n) is 11.2. The van der Waals surface area contributed by atoms with Crippen LogP contribution < -0.4 is 10.2 Å². The number of hydrogen-bond donors (Lipinski definition) is 0. The van der Waals surface area contributed by atoms with Gasteiger partial charge in [-0.1, -0.05) is 84.9 Å². The summed E-state index contributed by atoms with van der Waals surface area (Å²) in [5, 5.41) is 13.5. The molecule has 1 saturated carbocycles. The molecule has 5 atom stereocenters. The van der Waals surface area contributed by atoms with Crippen molar-refractivity contribution < 1.29 is 18.9 Å². The van der Waals surface area contributed by atoms with Crippen LogP contribution in [0.4, 0.5) is 0 Å². The van der Waals surface area contributed by atoms with Crippen molar-refractivity contribution in [1.29, 1.82) is 0 Å². The van der Waals surface area contributed by atoms with Gasteiger partial charge in [0.15, 0.2) is 11.2 Å². The van der Waals surface area contributed by atoms with Crippen molar-refractivity contribution in [1.82, 2.24) is 0 Å². The minimum Gasteiger partial charge on any atom is -0.485 e. The van der Waals surface area contributed by atoms with Crippen LogP contribution in [0.25, 0.3) is 11.0 Å². The Hall–Kier alpha value is -5.04. The summed E-state index contributed by atoms with van der Waals surface area (Å²) in [7, 11) is 0. The molecule has 0 N–H and O–H groups in total. The molecule has 0 amide bonds. The van der Waals surface area contributed by atoms with Gasteiger partial charge < -0.3 is 9.15 Å². The highest BCUT2D eigenvalue weighted by Crippen LogP contribution is 2.59. The molecule has 0 radical (unpaired) electrons. The molecule has 2 aliphatic rings. The quantitative estimate of drug-likeness (QED) is 0.176. The minimum atomic E-state index is -1.22. The van der Waals surface area contributed by atoms with Crippen LogP contribution >= 0.6 is 0 Å². The number of carbonyl (C=O) groups is 1. The molecule has 2 heterocycles. The van der Waals surface area contributed by atoms with Crippen molar-refractivity contribution in [3.8, 4) is 5.75 Å². The largest absolute Gasteiger partial charge is 0.485 e. The van der Waals surface area contributed by atoms with E-state index in [1.807, 2.05) is 66.7 Å². The van der Waals surface area contributed by atoms with Gasteiger partial charge in [-0.25, -0.2) is 0 Å². The highest BCUT2D eigenvalue weighted by Gasteiger charge is 2.63. The van der Waals surface area contributed by atoms with Gasteiger partial charge in [-0.15, -0.1) is 0 Å². The summed E-state index contributed by atoms with van der Waals surface area (Å²) >= 11 is 0. The Morgan fingerprint density at radius 3 is 2.17 bits per heavy atom.